The molecular formula is C26H28N4O4. The molecule has 8 heteroatoms. The molecule has 0 aliphatic carbocycles. The average Bonchev–Trinajstić information content (AvgIpc) is 2.81. The molecule has 0 aliphatic rings. The van der Waals surface area contributed by atoms with Crippen molar-refractivity contribution in [2.75, 3.05) is 13.1 Å². The molecule has 34 heavy (non-hydrogen) atoms. The van der Waals surface area contributed by atoms with Crippen LogP contribution in [0, 0.1) is 11.3 Å². The molecule has 0 aromatic heterocycles. The molecule has 0 heterocycles. The Morgan fingerprint density at radius 2 is 1.21 bits per heavy atom. The van der Waals surface area contributed by atoms with E-state index in [0.29, 0.717) is 30.4 Å². The number of hydrogen-bond donors (Lipinski definition) is 0. The molecule has 1 atom stereocenters. The van der Waals surface area contributed by atoms with Crippen molar-refractivity contribution in [2.24, 2.45) is 31.3 Å². The third-order valence-electron chi connectivity index (χ3n) is 4.90. The zero-order chi connectivity index (χ0) is 25.2. The summed E-state index contributed by atoms with van der Waals surface area (Å²) in [6.07, 6.45) is 8.66. The molecule has 2 aromatic carbocycles. The lowest BCUT2D eigenvalue weighted by atomic mass is 9.82. The van der Waals surface area contributed by atoms with Gasteiger partial charge in [0.2, 0.25) is 24.3 Å². The molecule has 1 unspecified atom stereocenters. The zero-order valence-electron chi connectivity index (χ0n) is 19.7. The fraction of sp³-hybridized carbons (Fsp3) is 0.385. The van der Waals surface area contributed by atoms with Gasteiger partial charge >= 0.3 is 0 Å². The van der Waals surface area contributed by atoms with Crippen LogP contribution in [0.2, 0.25) is 0 Å². The lowest BCUT2D eigenvalue weighted by Gasteiger charge is -2.25. The summed E-state index contributed by atoms with van der Waals surface area (Å²) in [5.74, 6) is 0.457. The second-order valence-corrected chi connectivity index (χ2v) is 8.56. The lowest BCUT2D eigenvalue weighted by molar-refractivity contribution is 0.280. The molecule has 8 nitrogen and oxygen atoms in total. The van der Waals surface area contributed by atoms with Gasteiger partial charge in [0, 0.05) is 0 Å². The highest BCUT2D eigenvalue weighted by atomic mass is 16.1. The summed E-state index contributed by atoms with van der Waals surface area (Å²) >= 11 is 0. The zero-order valence-corrected chi connectivity index (χ0v) is 19.7. The SMILES string of the molecule is CC(CCN=C=O)CC(C)(C)CN=C=O.O=C=Nc1ccc(Cc2ccc(N=C=O)cc2)cc1. The molecule has 0 spiro atoms. The van der Waals surface area contributed by atoms with E-state index in [1.165, 1.54) is 18.2 Å². The van der Waals surface area contributed by atoms with Crippen LogP contribution in [0.4, 0.5) is 11.4 Å². The Balaban J connectivity index is 0.000000352. The maximum Gasteiger partial charge on any atom is 0.240 e. The topological polar surface area (TPSA) is 118 Å². The van der Waals surface area contributed by atoms with E-state index in [1.807, 2.05) is 24.3 Å². The van der Waals surface area contributed by atoms with Crippen molar-refractivity contribution in [2.45, 2.75) is 40.0 Å². The largest absolute Gasteiger partial charge is 0.240 e. The van der Waals surface area contributed by atoms with Crippen molar-refractivity contribution in [3.63, 3.8) is 0 Å². The summed E-state index contributed by atoms with van der Waals surface area (Å²) in [7, 11) is 0. The molecular weight excluding hydrogens is 432 g/mol. The molecule has 0 saturated carbocycles. The van der Waals surface area contributed by atoms with E-state index >= 15 is 0 Å². The second kappa shape index (κ2) is 15.7. The quantitative estimate of drug-likeness (QED) is 0.333. The fourth-order valence-corrected chi connectivity index (χ4v) is 3.40. The number of nitrogens with zero attached hydrogens (tertiary/aromatic N) is 4. The highest BCUT2D eigenvalue weighted by molar-refractivity contribution is 5.51. The summed E-state index contributed by atoms with van der Waals surface area (Å²) in [5.41, 5.74) is 3.40. The molecule has 0 aliphatic heterocycles. The number of isocyanates is 4. The minimum atomic E-state index is 0.00171. The van der Waals surface area contributed by atoms with Gasteiger partial charge in [0.25, 0.3) is 0 Å². The van der Waals surface area contributed by atoms with Crippen LogP contribution in [0.3, 0.4) is 0 Å². The van der Waals surface area contributed by atoms with Crippen LogP contribution in [-0.2, 0) is 25.6 Å². The Bertz CT molecular complexity index is 1030. The maximum absolute atomic E-state index is 10.1. The molecule has 0 fully saturated rings. The van der Waals surface area contributed by atoms with E-state index in [4.69, 9.17) is 0 Å². The van der Waals surface area contributed by atoms with Crippen LogP contribution >= 0.6 is 0 Å². The molecule has 0 saturated heterocycles. The number of benzene rings is 2. The third kappa shape index (κ3) is 12.1. The van der Waals surface area contributed by atoms with Gasteiger partial charge in [0.15, 0.2) is 0 Å². The highest BCUT2D eigenvalue weighted by Gasteiger charge is 2.20. The van der Waals surface area contributed by atoms with Crippen LogP contribution < -0.4 is 0 Å². The number of rotatable bonds is 11. The van der Waals surface area contributed by atoms with E-state index in [0.717, 1.165) is 30.4 Å². The molecule has 0 bridgehead atoms. The highest BCUT2D eigenvalue weighted by Crippen LogP contribution is 2.27. The van der Waals surface area contributed by atoms with Gasteiger partial charge in [-0.15, -0.1) is 0 Å². The van der Waals surface area contributed by atoms with Gasteiger partial charge in [0.05, 0.1) is 24.5 Å². The van der Waals surface area contributed by atoms with Crippen LogP contribution in [0.15, 0.2) is 68.5 Å². The second-order valence-electron chi connectivity index (χ2n) is 8.56. The first-order valence-electron chi connectivity index (χ1n) is 10.7. The van der Waals surface area contributed by atoms with Crippen molar-refractivity contribution < 1.29 is 19.2 Å². The van der Waals surface area contributed by atoms with Gasteiger partial charge in [-0.25, -0.2) is 29.2 Å². The Kier molecular flexibility index (Phi) is 12.9. The first kappa shape index (κ1) is 28.0. The fourth-order valence-electron chi connectivity index (χ4n) is 3.40. The molecule has 0 radical (unpaired) electrons. The maximum atomic E-state index is 10.1. The van der Waals surface area contributed by atoms with E-state index < -0.39 is 0 Å². The smallest absolute Gasteiger partial charge is 0.211 e. The first-order valence-corrected chi connectivity index (χ1v) is 10.7. The third-order valence-corrected chi connectivity index (χ3v) is 4.90. The lowest BCUT2D eigenvalue weighted by Crippen LogP contribution is -2.19. The molecule has 176 valence electrons. The summed E-state index contributed by atoms with van der Waals surface area (Å²) in [6, 6.07) is 14.7. The molecule has 0 N–H and O–H groups in total. The Labute approximate surface area is 199 Å². The van der Waals surface area contributed by atoms with Crippen LogP contribution in [0.25, 0.3) is 0 Å². The number of hydrogen-bond acceptors (Lipinski definition) is 8. The average molecular weight is 461 g/mol. The predicted octanol–water partition coefficient (Wildman–Crippen LogP) is 5.31. The molecule has 2 aromatic rings. The van der Waals surface area contributed by atoms with Crippen molar-refractivity contribution in [1.29, 1.82) is 0 Å². The van der Waals surface area contributed by atoms with Gasteiger partial charge in [-0.1, -0.05) is 45.0 Å². The summed E-state index contributed by atoms with van der Waals surface area (Å²) < 4.78 is 0. The van der Waals surface area contributed by atoms with E-state index in [1.54, 1.807) is 30.3 Å². The molecule has 0 amide bonds. The van der Waals surface area contributed by atoms with Crippen molar-refractivity contribution in [3.05, 3.63) is 59.7 Å². The van der Waals surface area contributed by atoms with Gasteiger partial charge in [-0.2, -0.15) is 9.98 Å². The standard InChI is InChI=1S/C15H10N2O2.C11H18N2O2/c18-10-16-14-5-1-12(2-6-14)9-13-3-7-15(8-4-13)17-11-19;1-10(4-5-12-8-14)6-11(2,3)7-13-9-15/h1-8H,9H2;10H,4-7H2,1-3H3. The Morgan fingerprint density at radius 3 is 1.62 bits per heavy atom. The summed E-state index contributed by atoms with van der Waals surface area (Å²) in [6.45, 7) is 7.25. The summed E-state index contributed by atoms with van der Waals surface area (Å²) in [4.78, 5) is 54.3. The monoisotopic (exact) mass is 460 g/mol. The Morgan fingerprint density at radius 1 is 0.735 bits per heavy atom. The molecule has 2 rings (SSSR count). The van der Waals surface area contributed by atoms with Crippen molar-refractivity contribution in [3.8, 4) is 0 Å². The minimum absolute atomic E-state index is 0.00171. The Hall–Kier alpha value is -4.04. The first-order chi connectivity index (χ1) is 16.3. The van der Waals surface area contributed by atoms with Crippen molar-refractivity contribution >= 4 is 35.7 Å². The summed E-state index contributed by atoms with van der Waals surface area (Å²) in [5, 5.41) is 0. The van der Waals surface area contributed by atoms with E-state index in [-0.39, 0.29) is 5.41 Å². The van der Waals surface area contributed by atoms with Gasteiger partial charge in [0.1, 0.15) is 0 Å². The van der Waals surface area contributed by atoms with Gasteiger partial charge < -0.3 is 0 Å². The van der Waals surface area contributed by atoms with E-state index in [9.17, 15) is 19.2 Å². The van der Waals surface area contributed by atoms with Crippen molar-refractivity contribution in [1.82, 2.24) is 0 Å². The van der Waals surface area contributed by atoms with Crippen LogP contribution in [0.1, 0.15) is 44.7 Å². The minimum Gasteiger partial charge on any atom is -0.211 e. The number of aliphatic imine (C=N–C) groups is 4. The van der Waals surface area contributed by atoms with Gasteiger partial charge in [-0.3, -0.25) is 0 Å². The van der Waals surface area contributed by atoms with E-state index in [2.05, 4.69) is 40.7 Å². The number of carbonyl (C=O) groups excluding carboxylic acids is 4. The normalized spacial score (nSPS) is 10.7. The van der Waals surface area contributed by atoms with Crippen LogP contribution in [-0.4, -0.2) is 37.4 Å². The van der Waals surface area contributed by atoms with Crippen LogP contribution in [0.5, 0.6) is 0 Å². The predicted molar refractivity (Wildman–Crippen MR) is 129 cm³/mol. The van der Waals surface area contributed by atoms with Gasteiger partial charge in [-0.05, 0) is 66.0 Å².